The Balaban J connectivity index is 2.08. The zero-order valence-corrected chi connectivity index (χ0v) is 11.9. The van der Waals surface area contributed by atoms with Crippen LogP contribution in [0.2, 0.25) is 15.3 Å². The van der Waals surface area contributed by atoms with Crippen LogP contribution in [-0.4, -0.2) is 9.97 Å². The Morgan fingerprint density at radius 2 is 1.56 bits per heavy atom. The molecule has 0 atom stereocenters. The highest BCUT2D eigenvalue weighted by molar-refractivity contribution is 7.98. The molecule has 1 aromatic heterocycles. The summed E-state index contributed by atoms with van der Waals surface area (Å²) in [5.41, 5.74) is 0. The summed E-state index contributed by atoms with van der Waals surface area (Å²) < 4.78 is 13.1. The molecule has 7 heteroatoms. The molecule has 0 unspecified atom stereocenters. The topological polar surface area (TPSA) is 25.8 Å². The molecule has 0 saturated heterocycles. The van der Waals surface area contributed by atoms with Crippen LogP contribution < -0.4 is 0 Å². The number of hydrogen-bond donors (Lipinski definition) is 0. The van der Waals surface area contributed by atoms with Gasteiger partial charge in [0.2, 0.25) is 0 Å². The van der Waals surface area contributed by atoms with Crippen molar-refractivity contribution in [2.24, 2.45) is 0 Å². The number of nitrogens with zero attached hydrogens (tertiary/aromatic N) is 2. The van der Waals surface area contributed by atoms with Crippen molar-refractivity contribution in [3.8, 4) is 0 Å². The average molecular weight is 324 g/mol. The fourth-order valence-electron chi connectivity index (χ4n) is 1.18. The summed E-state index contributed by atoms with van der Waals surface area (Å²) in [5, 5.41) is 0.145. The maximum Gasteiger partial charge on any atom is 0.197 e. The SMILES string of the molecule is Fc1c(Cl)nc(CSc2ccc(Cl)cc2)nc1Cl. The average Bonchev–Trinajstić information content (AvgIpc) is 2.35. The number of rotatable bonds is 3. The van der Waals surface area contributed by atoms with E-state index in [1.165, 1.54) is 11.8 Å². The minimum atomic E-state index is -0.793. The van der Waals surface area contributed by atoms with E-state index in [2.05, 4.69) is 9.97 Å². The lowest BCUT2D eigenvalue weighted by molar-refractivity contribution is 0.612. The molecule has 0 saturated carbocycles. The molecule has 1 aromatic carbocycles. The van der Waals surface area contributed by atoms with Crippen molar-refractivity contribution in [3.63, 3.8) is 0 Å². The normalized spacial score (nSPS) is 10.7. The Hall–Kier alpha value is -0.550. The van der Waals surface area contributed by atoms with E-state index in [9.17, 15) is 4.39 Å². The van der Waals surface area contributed by atoms with Crippen LogP contribution in [0.15, 0.2) is 29.2 Å². The first-order valence-corrected chi connectivity index (χ1v) is 6.94. The predicted molar refractivity (Wildman–Crippen MR) is 73.0 cm³/mol. The third kappa shape index (κ3) is 3.48. The summed E-state index contributed by atoms with van der Waals surface area (Å²) >= 11 is 18.4. The van der Waals surface area contributed by atoms with Gasteiger partial charge < -0.3 is 0 Å². The Morgan fingerprint density at radius 1 is 1.00 bits per heavy atom. The van der Waals surface area contributed by atoms with E-state index in [1.54, 1.807) is 12.1 Å². The van der Waals surface area contributed by atoms with Gasteiger partial charge in [0.1, 0.15) is 5.82 Å². The lowest BCUT2D eigenvalue weighted by Gasteiger charge is -2.03. The highest BCUT2D eigenvalue weighted by atomic mass is 35.5. The zero-order valence-electron chi connectivity index (χ0n) is 8.83. The molecule has 0 bridgehead atoms. The first-order valence-electron chi connectivity index (χ1n) is 4.82. The monoisotopic (exact) mass is 322 g/mol. The Bertz CT molecular complexity index is 540. The van der Waals surface area contributed by atoms with Crippen molar-refractivity contribution in [1.29, 1.82) is 0 Å². The summed E-state index contributed by atoms with van der Waals surface area (Å²) in [4.78, 5) is 8.63. The first kappa shape index (κ1) is 13.9. The fraction of sp³-hybridized carbons (Fsp3) is 0.0909. The fourth-order valence-corrected chi connectivity index (χ4v) is 2.48. The van der Waals surface area contributed by atoms with Crippen LogP contribution >= 0.6 is 46.6 Å². The van der Waals surface area contributed by atoms with Crippen molar-refractivity contribution in [1.82, 2.24) is 9.97 Å². The van der Waals surface area contributed by atoms with Crippen molar-refractivity contribution in [3.05, 3.63) is 51.2 Å². The Labute approximate surface area is 122 Å². The van der Waals surface area contributed by atoms with E-state index in [0.29, 0.717) is 16.6 Å². The van der Waals surface area contributed by atoms with E-state index in [4.69, 9.17) is 34.8 Å². The summed E-state index contributed by atoms with van der Waals surface area (Å²) in [7, 11) is 0. The summed E-state index contributed by atoms with van der Waals surface area (Å²) in [6.45, 7) is 0. The summed E-state index contributed by atoms with van der Waals surface area (Å²) in [6.07, 6.45) is 0. The molecule has 2 nitrogen and oxygen atoms in total. The lowest BCUT2D eigenvalue weighted by atomic mass is 10.4. The summed E-state index contributed by atoms with van der Waals surface area (Å²) in [6, 6.07) is 7.32. The van der Waals surface area contributed by atoms with E-state index in [0.717, 1.165) is 4.90 Å². The maximum atomic E-state index is 13.1. The van der Waals surface area contributed by atoms with Gasteiger partial charge >= 0.3 is 0 Å². The number of thioether (sulfide) groups is 1. The van der Waals surface area contributed by atoms with E-state index < -0.39 is 5.82 Å². The molecule has 18 heavy (non-hydrogen) atoms. The molecule has 1 heterocycles. The molecule has 2 aromatic rings. The second-order valence-corrected chi connectivity index (χ2v) is 5.48. The van der Waals surface area contributed by atoms with Crippen LogP contribution in [-0.2, 0) is 5.75 Å². The molecular formula is C11H6Cl3FN2S. The second kappa shape index (κ2) is 6.06. The first-order chi connectivity index (χ1) is 8.56. The van der Waals surface area contributed by atoms with Crippen LogP contribution in [0, 0.1) is 5.82 Å². The van der Waals surface area contributed by atoms with Gasteiger partial charge in [0.15, 0.2) is 16.1 Å². The quantitative estimate of drug-likeness (QED) is 0.595. The largest absolute Gasteiger partial charge is 0.217 e. The lowest BCUT2D eigenvalue weighted by Crippen LogP contribution is -1.97. The number of aromatic nitrogens is 2. The van der Waals surface area contributed by atoms with Crippen molar-refractivity contribution >= 4 is 46.6 Å². The number of benzene rings is 1. The van der Waals surface area contributed by atoms with Gasteiger partial charge in [-0.2, -0.15) is 0 Å². The van der Waals surface area contributed by atoms with Crippen LogP contribution in [0.4, 0.5) is 4.39 Å². The maximum absolute atomic E-state index is 13.1. The molecule has 0 aliphatic rings. The molecule has 0 amide bonds. The molecule has 0 fully saturated rings. The Morgan fingerprint density at radius 3 is 2.11 bits per heavy atom. The molecular weight excluding hydrogens is 318 g/mol. The van der Waals surface area contributed by atoms with Crippen LogP contribution in [0.5, 0.6) is 0 Å². The Kier molecular flexibility index (Phi) is 4.67. The number of halogens is 4. The van der Waals surface area contributed by atoms with Crippen molar-refractivity contribution < 1.29 is 4.39 Å². The van der Waals surface area contributed by atoms with Gasteiger partial charge in [-0.15, -0.1) is 11.8 Å². The van der Waals surface area contributed by atoms with Crippen LogP contribution in [0.3, 0.4) is 0 Å². The highest BCUT2D eigenvalue weighted by Crippen LogP contribution is 2.25. The van der Waals surface area contributed by atoms with Gasteiger partial charge in [-0.1, -0.05) is 34.8 Å². The van der Waals surface area contributed by atoms with Gasteiger partial charge in [-0.05, 0) is 24.3 Å². The third-order valence-electron chi connectivity index (χ3n) is 2.00. The highest BCUT2D eigenvalue weighted by Gasteiger charge is 2.11. The predicted octanol–water partition coefficient (Wildman–Crippen LogP) is 4.87. The van der Waals surface area contributed by atoms with Crippen LogP contribution in [0.1, 0.15) is 5.82 Å². The zero-order chi connectivity index (χ0) is 13.1. The van der Waals surface area contributed by atoms with E-state index in [1.807, 2.05) is 12.1 Å². The van der Waals surface area contributed by atoms with Gasteiger partial charge in [0.25, 0.3) is 0 Å². The minimum absolute atomic E-state index is 0.262. The van der Waals surface area contributed by atoms with Crippen LogP contribution in [0.25, 0.3) is 0 Å². The smallest absolute Gasteiger partial charge is 0.197 e. The van der Waals surface area contributed by atoms with Gasteiger partial charge in [0, 0.05) is 9.92 Å². The third-order valence-corrected chi connectivity index (χ3v) is 3.76. The molecule has 0 radical (unpaired) electrons. The standard InChI is InChI=1S/C11H6Cl3FN2S/c12-6-1-3-7(4-2-6)18-5-8-16-10(13)9(15)11(14)17-8/h1-4H,5H2. The molecule has 0 N–H and O–H groups in total. The van der Waals surface area contributed by atoms with E-state index >= 15 is 0 Å². The van der Waals surface area contributed by atoms with Crippen molar-refractivity contribution in [2.45, 2.75) is 10.6 Å². The van der Waals surface area contributed by atoms with E-state index in [-0.39, 0.29) is 10.3 Å². The van der Waals surface area contributed by atoms with Gasteiger partial charge in [-0.3, -0.25) is 0 Å². The minimum Gasteiger partial charge on any atom is -0.217 e. The summed E-state index contributed by atoms with van der Waals surface area (Å²) in [5.74, 6) is 0.0337. The molecule has 0 aliphatic heterocycles. The molecule has 94 valence electrons. The van der Waals surface area contributed by atoms with Crippen molar-refractivity contribution in [2.75, 3.05) is 0 Å². The molecule has 0 spiro atoms. The molecule has 2 rings (SSSR count). The van der Waals surface area contributed by atoms with Gasteiger partial charge in [-0.25, -0.2) is 14.4 Å². The van der Waals surface area contributed by atoms with Gasteiger partial charge in [0.05, 0.1) is 5.75 Å². The second-order valence-electron chi connectivity index (χ2n) is 3.28. The molecule has 0 aliphatic carbocycles. The number of hydrogen-bond acceptors (Lipinski definition) is 3.